The summed E-state index contributed by atoms with van der Waals surface area (Å²) < 4.78 is 32.7. The third-order valence-corrected chi connectivity index (χ3v) is 5.84. The van der Waals surface area contributed by atoms with E-state index in [1.165, 1.54) is 6.33 Å². The Morgan fingerprint density at radius 1 is 1.28 bits per heavy atom. The molecule has 0 bridgehead atoms. The molecule has 0 unspecified atom stereocenters. The van der Waals surface area contributed by atoms with E-state index in [-0.39, 0.29) is 56.4 Å². The van der Waals surface area contributed by atoms with E-state index in [9.17, 15) is 13.6 Å². The van der Waals surface area contributed by atoms with Gasteiger partial charge in [0.1, 0.15) is 12.1 Å². The number of nitrogens with zero attached hydrogens (tertiary/aromatic N) is 4. The van der Waals surface area contributed by atoms with Crippen LogP contribution in [0.5, 0.6) is 0 Å². The summed E-state index contributed by atoms with van der Waals surface area (Å²) in [5, 5.41) is 6.89. The molecule has 2 saturated heterocycles. The molecular weight excluding hydrogens is 386 g/mol. The molecule has 29 heavy (non-hydrogen) atoms. The topological polar surface area (TPSA) is 95.9 Å². The van der Waals surface area contributed by atoms with E-state index in [1.807, 2.05) is 6.07 Å². The zero-order chi connectivity index (χ0) is 20.9. The van der Waals surface area contributed by atoms with Crippen molar-refractivity contribution in [3.05, 3.63) is 18.6 Å². The summed E-state index contributed by atoms with van der Waals surface area (Å²) in [6.07, 6.45) is 5.12. The number of halogens is 2. The number of carbonyl (C=O) groups is 2. The molecule has 3 fully saturated rings. The number of alkyl halides is 2. The van der Waals surface area contributed by atoms with Crippen LogP contribution in [0.2, 0.25) is 0 Å². The molecule has 0 aromatic carbocycles. The van der Waals surface area contributed by atoms with Crippen LogP contribution in [-0.4, -0.2) is 76.7 Å². The minimum Gasteiger partial charge on any atom is -0.483 e. The average Bonchev–Trinajstić information content (AvgIpc) is 2.74. The fraction of sp³-hybridized carbons (Fsp3) is 0.684. The third-order valence-electron chi connectivity index (χ3n) is 5.84. The van der Waals surface area contributed by atoms with Crippen LogP contribution in [0.4, 0.5) is 14.6 Å². The Bertz CT molecular complexity index is 684. The first-order valence-electron chi connectivity index (χ1n) is 9.84. The molecule has 1 aliphatic carbocycles. The SMILES string of the molecule is O=C([C@H]1CC[C@H]2OCCN(c3ccncn3)[C@@H]2C1)N1CCC(F)(F)CC1.O=CO. The highest BCUT2D eigenvalue weighted by Gasteiger charge is 2.43. The lowest BCUT2D eigenvalue weighted by atomic mass is 9.81. The average molecular weight is 412 g/mol. The van der Waals surface area contributed by atoms with E-state index in [4.69, 9.17) is 14.6 Å². The van der Waals surface area contributed by atoms with Crippen molar-refractivity contribution in [3.8, 4) is 0 Å². The smallest absolute Gasteiger partial charge is 0.290 e. The highest BCUT2D eigenvalue weighted by atomic mass is 19.3. The maximum absolute atomic E-state index is 13.4. The molecule has 0 spiro atoms. The van der Waals surface area contributed by atoms with Crippen molar-refractivity contribution in [3.63, 3.8) is 0 Å². The summed E-state index contributed by atoms with van der Waals surface area (Å²) in [6.45, 7) is 1.44. The number of hydrogen-bond acceptors (Lipinski definition) is 6. The predicted octanol–water partition coefficient (Wildman–Crippen LogP) is 1.81. The molecule has 4 rings (SSSR count). The largest absolute Gasteiger partial charge is 0.483 e. The summed E-state index contributed by atoms with van der Waals surface area (Å²) >= 11 is 0. The number of likely N-dealkylation sites (tertiary alicyclic amines) is 1. The van der Waals surface area contributed by atoms with E-state index in [2.05, 4.69) is 14.9 Å². The van der Waals surface area contributed by atoms with Gasteiger partial charge in [0.15, 0.2) is 0 Å². The van der Waals surface area contributed by atoms with Gasteiger partial charge in [-0.15, -0.1) is 0 Å². The highest BCUT2D eigenvalue weighted by molar-refractivity contribution is 5.79. The zero-order valence-electron chi connectivity index (χ0n) is 16.1. The van der Waals surface area contributed by atoms with Crippen molar-refractivity contribution in [1.82, 2.24) is 14.9 Å². The quantitative estimate of drug-likeness (QED) is 0.740. The Labute approximate surface area is 167 Å². The number of ether oxygens (including phenoxy) is 1. The molecule has 1 aromatic heterocycles. The summed E-state index contributed by atoms with van der Waals surface area (Å²) in [7, 11) is 0. The van der Waals surface area contributed by atoms with E-state index in [0.29, 0.717) is 13.0 Å². The van der Waals surface area contributed by atoms with Gasteiger partial charge in [0.2, 0.25) is 5.91 Å². The van der Waals surface area contributed by atoms with Crippen LogP contribution in [0.3, 0.4) is 0 Å². The molecule has 3 heterocycles. The van der Waals surface area contributed by atoms with Crippen LogP contribution in [0.15, 0.2) is 18.6 Å². The first kappa shape index (κ1) is 21.4. The number of aromatic nitrogens is 2. The third kappa shape index (κ3) is 5.17. The second-order valence-electron chi connectivity index (χ2n) is 7.53. The Morgan fingerprint density at radius 2 is 2.00 bits per heavy atom. The second-order valence-corrected chi connectivity index (χ2v) is 7.53. The van der Waals surface area contributed by atoms with Crippen molar-refractivity contribution in [1.29, 1.82) is 0 Å². The van der Waals surface area contributed by atoms with E-state index in [0.717, 1.165) is 25.2 Å². The minimum atomic E-state index is -2.63. The summed E-state index contributed by atoms with van der Waals surface area (Å²) in [4.78, 5) is 33.4. The maximum atomic E-state index is 13.4. The van der Waals surface area contributed by atoms with Crippen LogP contribution < -0.4 is 4.90 Å². The van der Waals surface area contributed by atoms with Gasteiger partial charge < -0.3 is 19.6 Å². The number of hydrogen-bond donors (Lipinski definition) is 1. The number of fused-ring (bicyclic) bond motifs is 1. The normalized spacial score (nSPS) is 28.6. The van der Waals surface area contributed by atoms with Gasteiger partial charge in [-0.2, -0.15) is 0 Å². The Kier molecular flexibility index (Phi) is 6.94. The number of carboxylic acid groups (broad SMARTS) is 1. The molecule has 8 nitrogen and oxygen atoms in total. The monoisotopic (exact) mass is 412 g/mol. The van der Waals surface area contributed by atoms with Crippen molar-refractivity contribution >= 4 is 18.2 Å². The van der Waals surface area contributed by atoms with Gasteiger partial charge in [0.05, 0.1) is 18.8 Å². The summed E-state index contributed by atoms with van der Waals surface area (Å²) in [5.41, 5.74) is 0. The predicted molar refractivity (Wildman–Crippen MR) is 99.7 cm³/mol. The molecule has 1 saturated carbocycles. The molecule has 1 amide bonds. The van der Waals surface area contributed by atoms with Crippen molar-refractivity contribution in [2.45, 2.75) is 50.2 Å². The van der Waals surface area contributed by atoms with E-state index in [1.54, 1.807) is 11.1 Å². The standard InChI is InChI=1S/C18H24F2N4O2.CH2O2/c19-18(20)4-7-23(8-5-18)17(25)13-1-2-15-14(11-13)24(9-10-26-15)16-3-6-21-12-22-16;2-1-3/h3,6,12-15H,1-2,4-5,7-11H2;1H,(H,2,3)/t13-,14+,15+;/m0./s1. The van der Waals surface area contributed by atoms with Crippen molar-refractivity contribution < 1.29 is 28.2 Å². The first-order chi connectivity index (χ1) is 13.9. The lowest BCUT2D eigenvalue weighted by molar-refractivity contribution is -0.144. The van der Waals surface area contributed by atoms with Gasteiger partial charge in [-0.1, -0.05) is 0 Å². The minimum absolute atomic E-state index is 0.0205. The lowest BCUT2D eigenvalue weighted by Crippen LogP contribution is -2.56. The van der Waals surface area contributed by atoms with Gasteiger partial charge in [-0.05, 0) is 25.3 Å². The van der Waals surface area contributed by atoms with E-state index < -0.39 is 5.92 Å². The fourth-order valence-corrected chi connectivity index (χ4v) is 4.38. The Balaban J connectivity index is 0.000000755. The van der Waals surface area contributed by atoms with Crippen LogP contribution in [0, 0.1) is 5.92 Å². The molecule has 3 atom stereocenters. The molecule has 2 aliphatic heterocycles. The molecular formula is C19H26F2N4O4. The van der Waals surface area contributed by atoms with Crippen LogP contribution in [0.25, 0.3) is 0 Å². The van der Waals surface area contributed by atoms with Crippen molar-refractivity contribution in [2.75, 3.05) is 31.1 Å². The lowest BCUT2D eigenvalue weighted by Gasteiger charge is -2.47. The van der Waals surface area contributed by atoms with Gasteiger partial charge in [0.25, 0.3) is 12.4 Å². The number of carbonyl (C=O) groups excluding carboxylic acids is 1. The van der Waals surface area contributed by atoms with Gasteiger partial charge in [-0.25, -0.2) is 18.7 Å². The molecule has 0 radical (unpaired) electrons. The molecule has 10 heteroatoms. The fourth-order valence-electron chi connectivity index (χ4n) is 4.38. The second kappa shape index (κ2) is 9.43. The zero-order valence-corrected chi connectivity index (χ0v) is 16.1. The maximum Gasteiger partial charge on any atom is 0.290 e. The van der Waals surface area contributed by atoms with Gasteiger partial charge in [0, 0.05) is 44.6 Å². The van der Waals surface area contributed by atoms with E-state index >= 15 is 0 Å². The summed E-state index contributed by atoms with van der Waals surface area (Å²) in [6, 6.07) is 1.97. The number of anilines is 1. The van der Waals surface area contributed by atoms with Crippen LogP contribution >= 0.6 is 0 Å². The highest BCUT2D eigenvalue weighted by Crippen LogP contribution is 2.36. The molecule has 3 aliphatic rings. The number of piperidine rings is 1. The Morgan fingerprint density at radius 3 is 2.66 bits per heavy atom. The number of rotatable bonds is 2. The number of morpholine rings is 1. The Hall–Kier alpha value is -2.36. The van der Waals surface area contributed by atoms with Crippen molar-refractivity contribution in [2.24, 2.45) is 5.92 Å². The summed E-state index contributed by atoms with van der Waals surface area (Å²) in [5.74, 6) is -1.89. The van der Waals surface area contributed by atoms with Gasteiger partial charge in [-0.3, -0.25) is 9.59 Å². The molecule has 1 aromatic rings. The molecule has 160 valence electrons. The van der Waals surface area contributed by atoms with Gasteiger partial charge >= 0.3 is 0 Å². The first-order valence-corrected chi connectivity index (χ1v) is 9.84. The van der Waals surface area contributed by atoms with Crippen LogP contribution in [0.1, 0.15) is 32.1 Å². The van der Waals surface area contributed by atoms with Crippen LogP contribution in [-0.2, 0) is 14.3 Å². The molecule has 1 N–H and O–H groups in total. The number of amides is 1.